The maximum Gasteiger partial charge on any atom is 0.282 e. The molecule has 0 unspecified atom stereocenters. The topological polar surface area (TPSA) is 49.4 Å². The predicted molar refractivity (Wildman–Crippen MR) is 134 cm³/mol. The van der Waals surface area contributed by atoms with Crippen LogP contribution in [0.25, 0.3) is 16.3 Å². The summed E-state index contributed by atoms with van der Waals surface area (Å²) >= 11 is 0. The summed E-state index contributed by atoms with van der Waals surface area (Å²) in [5, 5.41) is 5.17. The lowest BCUT2D eigenvalue weighted by atomic mass is 10.0. The van der Waals surface area contributed by atoms with Crippen molar-refractivity contribution in [3.63, 3.8) is 0 Å². The van der Waals surface area contributed by atoms with E-state index in [1.807, 2.05) is 54.6 Å². The fraction of sp³-hybridized carbons (Fsp3) is 0.103. The minimum Gasteiger partial charge on any atom is -0.350 e. The fourth-order valence-corrected chi connectivity index (χ4v) is 4.24. The number of hydrogen-bond donors (Lipinski definition) is 1. The van der Waals surface area contributed by atoms with Crippen LogP contribution in [0, 0.1) is 5.82 Å². The van der Waals surface area contributed by atoms with Gasteiger partial charge >= 0.3 is 0 Å². The maximum absolute atomic E-state index is 13.6. The van der Waals surface area contributed by atoms with Gasteiger partial charge in [0, 0.05) is 11.1 Å². The summed E-state index contributed by atoms with van der Waals surface area (Å²) in [7, 11) is 0. The van der Waals surface area contributed by atoms with Crippen LogP contribution in [-0.4, -0.2) is 11.8 Å². The van der Waals surface area contributed by atoms with Crippen LogP contribution in [-0.2, 0) is 9.59 Å². The Kier molecular flexibility index (Phi) is 5.46. The third-order valence-corrected chi connectivity index (χ3v) is 6.08. The molecule has 0 atom stereocenters. The average molecular weight is 451 g/mol. The normalized spacial score (nSPS) is 13.9. The summed E-state index contributed by atoms with van der Waals surface area (Å²) in [6.07, 6.45) is 0. The van der Waals surface area contributed by atoms with Gasteiger partial charge in [-0.05, 0) is 52.8 Å². The molecule has 1 N–H and O–H groups in total. The van der Waals surface area contributed by atoms with Gasteiger partial charge in [-0.2, -0.15) is 0 Å². The number of carbonyl (C=O) groups excluding carboxylic acids is 2. The minimum absolute atomic E-state index is 0.167. The van der Waals surface area contributed by atoms with Crippen molar-refractivity contribution in [2.24, 2.45) is 0 Å². The van der Waals surface area contributed by atoms with Crippen LogP contribution in [0.4, 0.5) is 15.8 Å². The van der Waals surface area contributed by atoms with Gasteiger partial charge < -0.3 is 5.32 Å². The monoisotopic (exact) mass is 450 g/mol. The van der Waals surface area contributed by atoms with E-state index in [1.54, 1.807) is 12.1 Å². The molecule has 0 saturated heterocycles. The first-order valence-electron chi connectivity index (χ1n) is 11.2. The lowest BCUT2D eigenvalue weighted by Gasteiger charge is -2.17. The molecule has 0 saturated carbocycles. The second-order valence-corrected chi connectivity index (χ2v) is 8.60. The summed E-state index contributed by atoms with van der Waals surface area (Å²) < 4.78 is 13.6. The first kappa shape index (κ1) is 21.6. The van der Waals surface area contributed by atoms with Crippen LogP contribution in [0.5, 0.6) is 0 Å². The Hall–Kier alpha value is -4.25. The number of anilines is 2. The van der Waals surface area contributed by atoms with E-state index >= 15 is 0 Å². The highest BCUT2D eigenvalue weighted by molar-refractivity contribution is 6.46. The molecule has 0 spiro atoms. The van der Waals surface area contributed by atoms with Crippen LogP contribution in [0.1, 0.15) is 30.9 Å². The quantitative estimate of drug-likeness (QED) is 0.353. The zero-order valence-corrected chi connectivity index (χ0v) is 18.9. The Morgan fingerprint density at radius 1 is 0.765 bits per heavy atom. The second-order valence-electron chi connectivity index (χ2n) is 8.60. The number of benzene rings is 4. The molecular weight excluding hydrogens is 427 g/mol. The number of fused-ring (bicyclic) bond motifs is 1. The van der Waals surface area contributed by atoms with Crippen molar-refractivity contribution in [1.29, 1.82) is 0 Å². The number of carbonyl (C=O) groups is 2. The Bertz CT molecular complexity index is 1430. The zero-order valence-electron chi connectivity index (χ0n) is 18.9. The van der Waals surface area contributed by atoms with Gasteiger partial charge in [-0.25, -0.2) is 9.29 Å². The fourth-order valence-electron chi connectivity index (χ4n) is 4.24. The van der Waals surface area contributed by atoms with Crippen LogP contribution >= 0.6 is 0 Å². The van der Waals surface area contributed by atoms with E-state index in [9.17, 15) is 14.0 Å². The molecular formula is C29H23FN2O2. The largest absolute Gasteiger partial charge is 0.350 e. The van der Waals surface area contributed by atoms with Crippen molar-refractivity contribution in [3.8, 4) is 0 Å². The Morgan fingerprint density at radius 3 is 2.15 bits per heavy atom. The molecule has 34 heavy (non-hydrogen) atoms. The highest BCUT2D eigenvalue weighted by Crippen LogP contribution is 2.35. The smallest absolute Gasteiger partial charge is 0.282 e. The number of nitrogens with zero attached hydrogens (tertiary/aromatic N) is 1. The van der Waals surface area contributed by atoms with E-state index in [1.165, 1.54) is 29.2 Å². The van der Waals surface area contributed by atoms with Gasteiger partial charge in [0.1, 0.15) is 11.5 Å². The molecule has 0 aliphatic carbocycles. The molecule has 4 aromatic rings. The van der Waals surface area contributed by atoms with E-state index in [-0.39, 0.29) is 11.3 Å². The van der Waals surface area contributed by atoms with Crippen molar-refractivity contribution in [3.05, 3.63) is 114 Å². The molecule has 0 radical (unpaired) electrons. The average Bonchev–Trinajstić information content (AvgIpc) is 3.09. The molecule has 1 heterocycles. The van der Waals surface area contributed by atoms with Crippen molar-refractivity contribution >= 4 is 39.5 Å². The number of halogens is 1. The molecule has 0 bridgehead atoms. The molecule has 5 heteroatoms. The van der Waals surface area contributed by atoms with Crippen LogP contribution < -0.4 is 10.2 Å². The molecule has 168 valence electrons. The number of hydrogen-bond acceptors (Lipinski definition) is 3. The molecule has 0 aromatic heterocycles. The number of imide groups is 1. The highest BCUT2D eigenvalue weighted by atomic mass is 19.1. The van der Waals surface area contributed by atoms with E-state index in [2.05, 4.69) is 19.2 Å². The van der Waals surface area contributed by atoms with Crippen LogP contribution in [0.2, 0.25) is 0 Å². The lowest BCUT2D eigenvalue weighted by molar-refractivity contribution is -0.120. The highest BCUT2D eigenvalue weighted by Gasteiger charge is 2.40. The van der Waals surface area contributed by atoms with E-state index in [0.29, 0.717) is 22.9 Å². The van der Waals surface area contributed by atoms with Gasteiger partial charge in [-0.1, -0.05) is 74.5 Å². The van der Waals surface area contributed by atoms with Crippen LogP contribution in [0.3, 0.4) is 0 Å². The molecule has 2 amide bonds. The molecule has 4 aromatic carbocycles. The molecule has 1 aliphatic heterocycles. The Morgan fingerprint density at radius 2 is 1.44 bits per heavy atom. The summed E-state index contributed by atoms with van der Waals surface area (Å²) in [4.78, 5) is 28.4. The third-order valence-electron chi connectivity index (χ3n) is 6.08. The van der Waals surface area contributed by atoms with Crippen molar-refractivity contribution in [2.45, 2.75) is 19.8 Å². The summed E-state index contributed by atoms with van der Waals surface area (Å²) in [6.45, 7) is 4.17. The van der Waals surface area contributed by atoms with E-state index in [4.69, 9.17) is 0 Å². The summed E-state index contributed by atoms with van der Waals surface area (Å²) in [5.74, 6) is -0.979. The molecule has 1 aliphatic rings. The van der Waals surface area contributed by atoms with Crippen molar-refractivity contribution in [1.82, 2.24) is 0 Å². The summed E-state index contributed by atoms with van der Waals surface area (Å²) in [6, 6.07) is 26.6. The van der Waals surface area contributed by atoms with Crippen molar-refractivity contribution in [2.75, 3.05) is 10.2 Å². The maximum atomic E-state index is 13.6. The first-order valence-corrected chi connectivity index (χ1v) is 11.2. The van der Waals surface area contributed by atoms with Gasteiger partial charge in [0.15, 0.2) is 0 Å². The number of amides is 2. The van der Waals surface area contributed by atoms with Gasteiger partial charge in [0.25, 0.3) is 11.8 Å². The Labute approximate surface area is 197 Å². The summed E-state index contributed by atoms with van der Waals surface area (Å²) in [5.41, 5.74) is 3.18. The van der Waals surface area contributed by atoms with E-state index in [0.717, 1.165) is 16.3 Å². The SMILES string of the molecule is CC(C)c1ccc(N2C(=O)C(Nc3cccc4ccccc34)=C(c3ccc(F)cc3)C2=O)cc1. The predicted octanol–water partition coefficient (Wildman–Crippen LogP) is 6.50. The number of rotatable bonds is 5. The van der Waals surface area contributed by atoms with Gasteiger partial charge in [-0.15, -0.1) is 0 Å². The molecule has 4 nitrogen and oxygen atoms in total. The van der Waals surface area contributed by atoms with E-state index < -0.39 is 17.6 Å². The first-order chi connectivity index (χ1) is 16.4. The van der Waals surface area contributed by atoms with Crippen molar-refractivity contribution < 1.29 is 14.0 Å². The van der Waals surface area contributed by atoms with Gasteiger partial charge in [0.05, 0.1) is 11.3 Å². The molecule has 5 rings (SSSR count). The zero-order chi connectivity index (χ0) is 23.8. The van der Waals surface area contributed by atoms with Gasteiger partial charge in [0.2, 0.25) is 0 Å². The number of nitrogens with one attached hydrogen (secondary N) is 1. The standard InChI is InChI=1S/C29H23FN2O2/c1-18(2)19-12-16-23(17-13-19)32-28(33)26(21-10-14-22(30)15-11-21)27(29(32)34)31-25-9-5-7-20-6-3-4-8-24(20)25/h3-18,31H,1-2H3. The third kappa shape index (κ3) is 3.75. The minimum atomic E-state index is -0.449. The molecule has 0 fully saturated rings. The Balaban J connectivity index is 1.62. The van der Waals surface area contributed by atoms with Gasteiger partial charge in [-0.3, -0.25) is 9.59 Å². The lowest BCUT2D eigenvalue weighted by Crippen LogP contribution is -2.32. The second kappa shape index (κ2) is 8.60. The van der Waals surface area contributed by atoms with Crippen LogP contribution in [0.15, 0.2) is 96.7 Å².